The van der Waals surface area contributed by atoms with E-state index in [4.69, 9.17) is 0 Å². The molecule has 0 saturated heterocycles. The lowest BCUT2D eigenvalue weighted by Crippen LogP contribution is -2.28. The van der Waals surface area contributed by atoms with E-state index in [0.29, 0.717) is 6.54 Å². The molecule has 0 saturated carbocycles. The fourth-order valence-electron chi connectivity index (χ4n) is 1.65. The van der Waals surface area contributed by atoms with Crippen LogP contribution < -0.4 is 0 Å². The molecular weight excluding hydrogens is 179 g/mol. The standard InChI is InChI=1S/C11H13FN2/c12-11-4-2-6-14(9-11)8-10-3-1-5-13-7-10/h1,3-5,7H,2,6,8-9H2. The van der Waals surface area contributed by atoms with Crippen LogP contribution in [0.2, 0.25) is 0 Å². The number of pyridine rings is 1. The van der Waals surface area contributed by atoms with E-state index in [1.54, 1.807) is 12.3 Å². The van der Waals surface area contributed by atoms with Gasteiger partial charge in [-0.25, -0.2) is 4.39 Å². The van der Waals surface area contributed by atoms with Gasteiger partial charge in [0, 0.05) is 25.5 Å². The van der Waals surface area contributed by atoms with Gasteiger partial charge in [-0.1, -0.05) is 12.1 Å². The molecule has 0 bridgehead atoms. The zero-order valence-corrected chi connectivity index (χ0v) is 7.99. The summed E-state index contributed by atoms with van der Waals surface area (Å²) in [5.41, 5.74) is 1.14. The number of nitrogens with zero attached hydrogens (tertiary/aromatic N) is 2. The molecule has 0 atom stereocenters. The van der Waals surface area contributed by atoms with Crippen molar-refractivity contribution in [3.8, 4) is 0 Å². The molecule has 14 heavy (non-hydrogen) atoms. The van der Waals surface area contributed by atoms with Crippen molar-refractivity contribution in [3.63, 3.8) is 0 Å². The predicted molar refractivity (Wildman–Crippen MR) is 53.3 cm³/mol. The number of aromatic nitrogens is 1. The summed E-state index contributed by atoms with van der Waals surface area (Å²) in [6, 6.07) is 3.93. The van der Waals surface area contributed by atoms with Crippen LogP contribution in [0.4, 0.5) is 4.39 Å². The Morgan fingerprint density at radius 2 is 2.43 bits per heavy atom. The average Bonchev–Trinajstić information content (AvgIpc) is 2.19. The van der Waals surface area contributed by atoms with Crippen molar-refractivity contribution < 1.29 is 4.39 Å². The van der Waals surface area contributed by atoms with E-state index >= 15 is 0 Å². The maximum atomic E-state index is 12.9. The Kier molecular flexibility index (Phi) is 2.89. The van der Waals surface area contributed by atoms with Crippen molar-refractivity contribution >= 4 is 0 Å². The lowest BCUT2D eigenvalue weighted by atomic mass is 10.2. The van der Waals surface area contributed by atoms with E-state index in [-0.39, 0.29) is 5.83 Å². The first kappa shape index (κ1) is 9.34. The second-order valence-electron chi connectivity index (χ2n) is 3.51. The molecule has 1 aromatic heterocycles. The molecule has 2 rings (SSSR count). The number of rotatable bonds is 2. The monoisotopic (exact) mass is 192 g/mol. The summed E-state index contributed by atoms with van der Waals surface area (Å²) in [5.74, 6) is -0.0138. The van der Waals surface area contributed by atoms with Gasteiger partial charge < -0.3 is 0 Å². The third kappa shape index (κ3) is 2.39. The highest BCUT2D eigenvalue weighted by molar-refractivity contribution is 5.09. The van der Waals surface area contributed by atoms with Crippen LogP contribution in [-0.4, -0.2) is 23.0 Å². The summed E-state index contributed by atoms with van der Waals surface area (Å²) in [6.07, 6.45) is 6.06. The molecule has 0 fully saturated rings. The van der Waals surface area contributed by atoms with Gasteiger partial charge in [-0.2, -0.15) is 0 Å². The molecule has 2 nitrogen and oxygen atoms in total. The second kappa shape index (κ2) is 4.33. The minimum absolute atomic E-state index is 0.0138. The molecule has 1 aliphatic rings. The van der Waals surface area contributed by atoms with Crippen LogP contribution >= 0.6 is 0 Å². The first-order chi connectivity index (χ1) is 6.84. The van der Waals surface area contributed by atoms with Crippen LogP contribution in [0.15, 0.2) is 36.4 Å². The Balaban J connectivity index is 1.96. The minimum Gasteiger partial charge on any atom is -0.292 e. The van der Waals surface area contributed by atoms with E-state index in [2.05, 4.69) is 9.88 Å². The van der Waals surface area contributed by atoms with Crippen molar-refractivity contribution in [1.29, 1.82) is 0 Å². The molecule has 2 heterocycles. The van der Waals surface area contributed by atoms with Gasteiger partial charge in [-0.05, 0) is 18.1 Å². The first-order valence-electron chi connectivity index (χ1n) is 4.80. The summed E-state index contributed by atoms with van der Waals surface area (Å²) in [4.78, 5) is 6.12. The van der Waals surface area contributed by atoms with Gasteiger partial charge in [0.2, 0.25) is 0 Å². The fraction of sp³-hybridized carbons (Fsp3) is 0.364. The number of halogens is 1. The molecule has 0 N–H and O–H groups in total. The van der Waals surface area contributed by atoms with Crippen LogP contribution in [-0.2, 0) is 6.54 Å². The maximum absolute atomic E-state index is 12.9. The summed E-state index contributed by atoms with van der Waals surface area (Å²) in [6.45, 7) is 2.16. The Hall–Kier alpha value is -1.22. The van der Waals surface area contributed by atoms with Crippen LogP contribution in [0.25, 0.3) is 0 Å². The van der Waals surface area contributed by atoms with E-state index in [1.807, 2.05) is 18.3 Å². The summed E-state index contributed by atoms with van der Waals surface area (Å²) < 4.78 is 12.9. The quantitative estimate of drug-likeness (QED) is 0.713. The molecule has 74 valence electrons. The van der Waals surface area contributed by atoms with Gasteiger partial charge in [0.05, 0.1) is 6.54 Å². The molecule has 0 amide bonds. The molecule has 1 aliphatic heterocycles. The molecule has 0 radical (unpaired) electrons. The fourth-order valence-corrected chi connectivity index (χ4v) is 1.65. The summed E-state index contributed by atoms with van der Waals surface area (Å²) in [5, 5.41) is 0. The number of hydrogen-bond acceptors (Lipinski definition) is 2. The van der Waals surface area contributed by atoms with Gasteiger partial charge in [0.25, 0.3) is 0 Å². The molecule has 0 aromatic carbocycles. The molecule has 0 aliphatic carbocycles. The molecule has 0 unspecified atom stereocenters. The zero-order valence-electron chi connectivity index (χ0n) is 7.99. The zero-order chi connectivity index (χ0) is 9.80. The Bertz CT molecular complexity index is 321. The molecule has 1 aromatic rings. The maximum Gasteiger partial charge on any atom is 0.110 e. The predicted octanol–water partition coefficient (Wildman–Crippen LogP) is 2.14. The van der Waals surface area contributed by atoms with Crippen LogP contribution in [0, 0.1) is 0 Å². The summed E-state index contributed by atoms with van der Waals surface area (Å²) >= 11 is 0. The van der Waals surface area contributed by atoms with Crippen LogP contribution in [0.1, 0.15) is 12.0 Å². The largest absolute Gasteiger partial charge is 0.292 e. The van der Waals surface area contributed by atoms with E-state index in [0.717, 1.165) is 25.1 Å². The Labute approximate surface area is 83.1 Å². The molecular formula is C11H13FN2. The highest BCUT2D eigenvalue weighted by Gasteiger charge is 2.12. The van der Waals surface area contributed by atoms with Gasteiger partial charge in [-0.3, -0.25) is 9.88 Å². The second-order valence-corrected chi connectivity index (χ2v) is 3.51. The SMILES string of the molecule is FC1=CCCN(Cc2cccnc2)C1. The first-order valence-corrected chi connectivity index (χ1v) is 4.80. The van der Waals surface area contributed by atoms with Crippen molar-refractivity contribution in [2.45, 2.75) is 13.0 Å². The Morgan fingerprint density at radius 1 is 1.50 bits per heavy atom. The molecule has 0 spiro atoms. The summed E-state index contributed by atoms with van der Waals surface area (Å²) in [7, 11) is 0. The average molecular weight is 192 g/mol. The normalized spacial score (nSPS) is 17.9. The van der Waals surface area contributed by atoms with Crippen molar-refractivity contribution in [2.75, 3.05) is 13.1 Å². The highest BCUT2D eigenvalue weighted by atomic mass is 19.1. The third-order valence-electron chi connectivity index (χ3n) is 2.31. The van der Waals surface area contributed by atoms with Crippen LogP contribution in [0.3, 0.4) is 0 Å². The molecule has 3 heteroatoms. The highest BCUT2D eigenvalue weighted by Crippen LogP contribution is 2.13. The lowest BCUT2D eigenvalue weighted by Gasteiger charge is -2.23. The third-order valence-corrected chi connectivity index (χ3v) is 2.31. The smallest absolute Gasteiger partial charge is 0.110 e. The lowest BCUT2D eigenvalue weighted by molar-refractivity contribution is 0.259. The number of hydrogen-bond donors (Lipinski definition) is 0. The van der Waals surface area contributed by atoms with Gasteiger partial charge in [0.15, 0.2) is 0 Å². The minimum atomic E-state index is -0.0138. The van der Waals surface area contributed by atoms with E-state index in [1.165, 1.54) is 0 Å². The van der Waals surface area contributed by atoms with Gasteiger partial charge >= 0.3 is 0 Å². The van der Waals surface area contributed by atoms with Crippen LogP contribution in [0.5, 0.6) is 0 Å². The van der Waals surface area contributed by atoms with Crippen molar-refractivity contribution in [3.05, 3.63) is 42.0 Å². The van der Waals surface area contributed by atoms with Crippen molar-refractivity contribution in [2.24, 2.45) is 0 Å². The van der Waals surface area contributed by atoms with Crippen molar-refractivity contribution in [1.82, 2.24) is 9.88 Å². The Morgan fingerprint density at radius 3 is 3.14 bits per heavy atom. The van der Waals surface area contributed by atoms with Gasteiger partial charge in [-0.15, -0.1) is 0 Å². The van der Waals surface area contributed by atoms with Gasteiger partial charge in [0.1, 0.15) is 5.83 Å². The van der Waals surface area contributed by atoms with E-state index in [9.17, 15) is 4.39 Å². The van der Waals surface area contributed by atoms with E-state index < -0.39 is 0 Å². The topological polar surface area (TPSA) is 16.1 Å².